The number of para-hydroxylation sites is 1. The zero-order valence-electron chi connectivity index (χ0n) is 12.2. The summed E-state index contributed by atoms with van der Waals surface area (Å²) >= 11 is 0. The predicted molar refractivity (Wildman–Crippen MR) is 84.3 cm³/mol. The van der Waals surface area contributed by atoms with Gasteiger partial charge in [-0.2, -0.15) is 0 Å². The summed E-state index contributed by atoms with van der Waals surface area (Å²) in [6.07, 6.45) is 0. The molecule has 0 radical (unpaired) electrons. The molecule has 1 atom stereocenters. The Hall–Kier alpha value is -2.09. The van der Waals surface area contributed by atoms with Gasteiger partial charge >= 0.3 is 0 Å². The Bertz CT molecular complexity index is 587. The molecule has 0 unspecified atom stereocenters. The van der Waals surface area contributed by atoms with Crippen LogP contribution in [-0.2, 0) is 0 Å². The van der Waals surface area contributed by atoms with Gasteiger partial charge in [-0.25, -0.2) is 0 Å². The van der Waals surface area contributed by atoms with E-state index >= 15 is 0 Å². The first kappa shape index (κ1) is 14.3. The third-order valence-electron chi connectivity index (χ3n) is 3.34. The van der Waals surface area contributed by atoms with E-state index in [0.717, 1.165) is 11.3 Å². The van der Waals surface area contributed by atoms with Crippen LogP contribution in [0, 0.1) is 5.92 Å². The molecule has 0 aliphatic heterocycles. The molecule has 0 saturated carbocycles. The quantitative estimate of drug-likeness (QED) is 0.807. The highest BCUT2D eigenvalue weighted by Gasteiger charge is 2.14. The van der Waals surface area contributed by atoms with Crippen molar-refractivity contribution in [2.24, 2.45) is 10.9 Å². The van der Waals surface area contributed by atoms with E-state index < -0.39 is 0 Å². The van der Waals surface area contributed by atoms with E-state index in [9.17, 15) is 5.11 Å². The van der Waals surface area contributed by atoms with E-state index in [4.69, 9.17) is 4.99 Å². The fourth-order valence-corrected chi connectivity index (χ4v) is 2.23. The minimum absolute atomic E-state index is 0.0770. The Morgan fingerprint density at radius 1 is 0.900 bits per heavy atom. The van der Waals surface area contributed by atoms with E-state index in [1.165, 1.54) is 5.56 Å². The highest BCUT2D eigenvalue weighted by molar-refractivity contribution is 6.04. The lowest BCUT2D eigenvalue weighted by Gasteiger charge is -2.16. The molecule has 0 saturated heterocycles. The summed E-state index contributed by atoms with van der Waals surface area (Å²) in [4.78, 5) is 4.83. The van der Waals surface area contributed by atoms with Crippen molar-refractivity contribution in [3.05, 3.63) is 65.7 Å². The van der Waals surface area contributed by atoms with Crippen molar-refractivity contribution in [3.63, 3.8) is 0 Å². The summed E-state index contributed by atoms with van der Waals surface area (Å²) < 4.78 is 0. The number of nitrogens with zero attached hydrogens (tertiary/aromatic N) is 1. The third kappa shape index (κ3) is 3.27. The van der Waals surface area contributed by atoms with Gasteiger partial charge < -0.3 is 5.11 Å². The lowest BCUT2D eigenvalue weighted by molar-refractivity contribution is 0.473. The van der Waals surface area contributed by atoms with Crippen LogP contribution in [0.1, 0.15) is 37.9 Å². The molecule has 2 aromatic carbocycles. The first-order valence-electron chi connectivity index (χ1n) is 7.00. The summed E-state index contributed by atoms with van der Waals surface area (Å²) in [6, 6.07) is 17.7. The van der Waals surface area contributed by atoms with E-state index in [1.807, 2.05) is 36.4 Å². The Morgan fingerprint density at radius 2 is 1.50 bits per heavy atom. The van der Waals surface area contributed by atoms with Gasteiger partial charge in [0.1, 0.15) is 5.75 Å². The Balaban J connectivity index is 2.39. The van der Waals surface area contributed by atoms with E-state index in [1.54, 1.807) is 6.07 Å². The fourth-order valence-electron chi connectivity index (χ4n) is 2.23. The van der Waals surface area contributed by atoms with Crippen LogP contribution < -0.4 is 0 Å². The Morgan fingerprint density at radius 3 is 2.10 bits per heavy atom. The van der Waals surface area contributed by atoms with Crippen LogP contribution in [0.4, 0.5) is 0 Å². The van der Waals surface area contributed by atoms with Crippen molar-refractivity contribution in [1.29, 1.82) is 0 Å². The molecule has 0 aromatic heterocycles. The predicted octanol–water partition coefficient (Wildman–Crippen LogP) is 4.60. The minimum Gasteiger partial charge on any atom is -0.507 e. The van der Waals surface area contributed by atoms with Gasteiger partial charge in [-0.05, 0) is 30.5 Å². The van der Waals surface area contributed by atoms with E-state index in [-0.39, 0.29) is 12.0 Å². The monoisotopic (exact) mass is 267 g/mol. The zero-order valence-corrected chi connectivity index (χ0v) is 12.2. The van der Waals surface area contributed by atoms with Crippen LogP contribution in [-0.4, -0.2) is 10.8 Å². The highest BCUT2D eigenvalue weighted by atomic mass is 16.3. The molecule has 0 heterocycles. The summed E-state index contributed by atoms with van der Waals surface area (Å²) in [7, 11) is 0. The average Bonchev–Trinajstić information content (AvgIpc) is 2.46. The number of benzene rings is 2. The average molecular weight is 267 g/mol. The minimum atomic E-state index is 0.0770. The maximum atomic E-state index is 10.0. The summed E-state index contributed by atoms with van der Waals surface area (Å²) in [6.45, 7) is 6.28. The number of aromatic hydroxyl groups is 1. The zero-order chi connectivity index (χ0) is 14.5. The Labute approximate surface area is 120 Å². The SMILES string of the molecule is CC(C)C(=N[C@H](C)c1ccccc1)c1ccccc1O. The topological polar surface area (TPSA) is 32.6 Å². The van der Waals surface area contributed by atoms with E-state index in [0.29, 0.717) is 5.75 Å². The van der Waals surface area contributed by atoms with Gasteiger partial charge in [0.05, 0.1) is 6.04 Å². The van der Waals surface area contributed by atoms with Crippen LogP contribution >= 0.6 is 0 Å². The lowest BCUT2D eigenvalue weighted by Crippen LogP contribution is -2.11. The molecule has 0 aliphatic carbocycles. The molecular weight excluding hydrogens is 246 g/mol. The first-order valence-corrected chi connectivity index (χ1v) is 7.00. The van der Waals surface area contributed by atoms with E-state index in [2.05, 4.69) is 32.9 Å². The van der Waals surface area contributed by atoms with Gasteiger partial charge in [0.15, 0.2) is 0 Å². The molecule has 1 N–H and O–H groups in total. The van der Waals surface area contributed by atoms with Crippen molar-refractivity contribution < 1.29 is 5.11 Å². The maximum Gasteiger partial charge on any atom is 0.124 e. The number of hydrogen-bond donors (Lipinski definition) is 1. The third-order valence-corrected chi connectivity index (χ3v) is 3.34. The number of aliphatic imine (C=N–C) groups is 1. The lowest BCUT2D eigenvalue weighted by atomic mass is 9.98. The van der Waals surface area contributed by atoms with Crippen LogP contribution in [0.2, 0.25) is 0 Å². The van der Waals surface area contributed by atoms with Crippen molar-refractivity contribution in [3.8, 4) is 5.75 Å². The fraction of sp³-hybridized carbons (Fsp3) is 0.278. The molecule has 2 nitrogen and oxygen atoms in total. The number of rotatable bonds is 4. The molecule has 0 fully saturated rings. The second-order valence-electron chi connectivity index (χ2n) is 5.27. The van der Waals surface area contributed by atoms with Gasteiger partial charge in [-0.3, -0.25) is 4.99 Å². The molecule has 2 aromatic rings. The van der Waals surface area contributed by atoms with Crippen LogP contribution in [0.25, 0.3) is 0 Å². The van der Waals surface area contributed by atoms with Gasteiger partial charge in [0, 0.05) is 11.3 Å². The van der Waals surface area contributed by atoms with Crippen molar-refractivity contribution in [1.82, 2.24) is 0 Å². The highest BCUT2D eigenvalue weighted by Crippen LogP contribution is 2.24. The molecule has 0 bridgehead atoms. The molecule has 0 spiro atoms. The molecule has 104 valence electrons. The largest absolute Gasteiger partial charge is 0.507 e. The van der Waals surface area contributed by atoms with Crippen LogP contribution in [0.3, 0.4) is 0 Å². The molecule has 0 amide bonds. The number of phenols is 1. The smallest absolute Gasteiger partial charge is 0.124 e. The van der Waals surface area contributed by atoms with Crippen molar-refractivity contribution in [2.45, 2.75) is 26.8 Å². The molecular formula is C18H21NO. The maximum absolute atomic E-state index is 10.0. The van der Waals surface area contributed by atoms with Gasteiger partial charge in [-0.15, -0.1) is 0 Å². The van der Waals surface area contributed by atoms with Gasteiger partial charge in [0.25, 0.3) is 0 Å². The second kappa shape index (κ2) is 6.38. The van der Waals surface area contributed by atoms with Crippen molar-refractivity contribution in [2.75, 3.05) is 0 Å². The number of phenolic OH excluding ortho intramolecular Hbond substituents is 1. The van der Waals surface area contributed by atoms with Crippen LogP contribution in [0.5, 0.6) is 5.75 Å². The van der Waals surface area contributed by atoms with Crippen LogP contribution in [0.15, 0.2) is 59.6 Å². The molecule has 20 heavy (non-hydrogen) atoms. The summed E-state index contributed by atoms with van der Waals surface area (Å²) in [5.41, 5.74) is 2.95. The normalized spacial score (nSPS) is 13.5. The summed E-state index contributed by atoms with van der Waals surface area (Å²) in [5, 5.41) is 10.0. The van der Waals surface area contributed by atoms with Gasteiger partial charge in [-0.1, -0.05) is 56.3 Å². The number of hydrogen-bond acceptors (Lipinski definition) is 2. The molecule has 2 heteroatoms. The standard InChI is InChI=1S/C18H21NO/c1-13(2)18(16-11-7-8-12-17(16)20)19-14(3)15-9-5-4-6-10-15/h4-14,20H,1-3H3/t14-/m1/s1. The van der Waals surface area contributed by atoms with Crippen molar-refractivity contribution >= 4 is 5.71 Å². The Kier molecular flexibility index (Phi) is 4.57. The molecule has 2 rings (SSSR count). The second-order valence-corrected chi connectivity index (χ2v) is 5.27. The summed E-state index contributed by atoms with van der Waals surface area (Å²) in [5.74, 6) is 0.551. The molecule has 0 aliphatic rings. The first-order chi connectivity index (χ1) is 9.59. The van der Waals surface area contributed by atoms with Gasteiger partial charge in [0.2, 0.25) is 0 Å².